The maximum atomic E-state index is 5.90. The highest BCUT2D eigenvalue weighted by atomic mass is 79.9. The summed E-state index contributed by atoms with van der Waals surface area (Å²) in [4.78, 5) is 0. The Kier molecular flexibility index (Phi) is 3.46. The van der Waals surface area contributed by atoms with E-state index >= 15 is 0 Å². The summed E-state index contributed by atoms with van der Waals surface area (Å²) in [6, 6.07) is 8.59. The van der Waals surface area contributed by atoms with E-state index in [0.717, 1.165) is 28.7 Å². The summed E-state index contributed by atoms with van der Waals surface area (Å²) >= 11 is 3.63. The van der Waals surface area contributed by atoms with Gasteiger partial charge in [0.1, 0.15) is 0 Å². The van der Waals surface area contributed by atoms with E-state index in [4.69, 9.17) is 10.8 Å². The van der Waals surface area contributed by atoms with Crippen LogP contribution in [0.1, 0.15) is 43.9 Å². The van der Waals surface area contributed by atoms with Crippen LogP contribution >= 0.6 is 15.9 Å². The van der Waals surface area contributed by atoms with Gasteiger partial charge in [-0.2, -0.15) is 5.10 Å². The topological polar surface area (TPSA) is 43.8 Å². The second-order valence-electron chi connectivity index (χ2n) is 6.00. The maximum Gasteiger partial charge on any atom is 0.0845 e. The lowest BCUT2D eigenvalue weighted by Gasteiger charge is -2.09. The van der Waals surface area contributed by atoms with Crippen molar-refractivity contribution in [1.29, 1.82) is 0 Å². The van der Waals surface area contributed by atoms with Crippen LogP contribution in [0.15, 0.2) is 34.9 Å². The van der Waals surface area contributed by atoms with Crippen LogP contribution < -0.4 is 5.73 Å². The van der Waals surface area contributed by atoms with Crippen molar-refractivity contribution >= 4 is 15.9 Å². The number of hydrogen-bond donors (Lipinski definition) is 1. The molecule has 0 spiro atoms. The van der Waals surface area contributed by atoms with Gasteiger partial charge in [-0.05, 0) is 52.4 Å². The fraction of sp³-hybridized carbons (Fsp3) is 0.438. The van der Waals surface area contributed by atoms with E-state index in [1.807, 2.05) is 10.9 Å². The van der Waals surface area contributed by atoms with E-state index in [2.05, 4.69) is 54.0 Å². The second-order valence-corrected chi connectivity index (χ2v) is 6.86. The summed E-state index contributed by atoms with van der Waals surface area (Å²) in [5.41, 5.74) is 9.56. The third-order valence-corrected chi connectivity index (χ3v) is 4.82. The Bertz CT molecular complexity index is 609. The number of rotatable bonds is 4. The number of nitrogens with two attached hydrogens (primary N) is 1. The molecule has 0 aliphatic heterocycles. The largest absolute Gasteiger partial charge is 0.330 e. The van der Waals surface area contributed by atoms with Gasteiger partial charge in [-0.1, -0.05) is 26.0 Å². The molecule has 106 valence electrons. The molecule has 1 aliphatic carbocycles. The highest BCUT2D eigenvalue weighted by Gasteiger charge is 2.46. The first-order valence-electron chi connectivity index (χ1n) is 7.12. The second kappa shape index (κ2) is 5.01. The molecule has 0 saturated heterocycles. The first-order valence-corrected chi connectivity index (χ1v) is 7.91. The van der Waals surface area contributed by atoms with Crippen LogP contribution in [0.5, 0.6) is 0 Å². The Morgan fingerprint density at radius 3 is 2.45 bits per heavy atom. The minimum Gasteiger partial charge on any atom is -0.330 e. The van der Waals surface area contributed by atoms with Crippen LogP contribution in [0.4, 0.5) is 0 Å². The summed E-state index contributed by atoms with van der Waals surface area (Å²) in [5.74, 6) is 0.552. The molecule has 3 rings (SSSR count). The predicted octanol–water partition coefficient (Wildman–Crippen LogP) is 3.75. The normalized spacial score (nSPS) is 16.6. The van der Waals surface area contributed by atoms with Gasteiger partial charge in [0, 0.05) is 18.2 Å². The first kappa shape index (κ1) is 13.8. The zero-order chi connectivity index (χ0) is 14.3. The Labute approximate surface area is 128 Å². The third-order valence-electron chi connectivity index (χ3n) is 4.24. The minimum atomic E-state index is 0.113. The van der Waals surface area contributed by atoms with E-state index in [1.54, 1.807) is 0 Å². The highest BCUT2D eigenvalue weighted by Crippen LogP contribution is 2.48. The van der Waals surface area contributed by atoms with Crippen molar-refractivity contribution < 1.29 is 0 Å². The van der Waals surface area contributed by atoms with Gasteiger partial charge in [-0.15, -0.1) is 0 Å². The summed E-state index contributed by atoms with van der Waals surface area (Å²) in [7, 11) is 0. The zero-order valence-electron chi connectivity index (χ0n) is 11.9. The summed E-state index contributed by atoms with van der Waals surface area (Å²) < 4.78 is 3.01. The standard InChI is InChI=1S/C16H20BrN3/c1-11(2)12-3-5-13(6-4-12)20-9-14(17)15(19-20)16(10-18)7-8-16/h3-6,9,11H,7-8,10,18H2,1-2H3. The molecule has 1 aromatic carbocycles. The molecular weight excluding hydrogens is 314 g/mol. The van der Waals surface area contributed by atoms with Crippen LogP contribution in [0.2, 0.25) is 0 Å². The van der Waals surface area contributed by atoms with Gasteiger partial charge < -0.3 is 5.73 Å². The minimum absolute atomic E-state index is 0.113. The quantitative estimate of drug-likeness (QED) is 0.925. The van der Waals surface area contributed by atoms with E-state index in [1.165, 1.54) is 5.56 Å². The monoisotopic (exact) mass is 333 g/mol. The van der Waals surface area contributed by atoms with Crippen molar-refractivity contribution in [2.24, 2.45) is 5.73 Å². The third kappa shape index (κ3) is 2.31. The van der Waals surface area contributed by atoms with Gasteiger partial charge in [0.15, 0.2) is 0 Å². The number of nitrogens with zero attached hydrogens (tertiary/aromatic N) is 2. The summed E-state index contributed by atoms with van der Waals surface area (Å²) in [5, 5.41) is 4.75. The molecule has 20 heavy (non-hydrogen) atoms. The lowest BCUT2D eigenvalue weighted by atomic mass is 10.0. The molecule has 1 saturated carbocycles. The van der Waals surface area contributed by atoms with Crippen LogP contribution in [-0.2, 0) is 5.41 Å². The van der Waals surface area contributed by atoms with Gasteiger partial charge in [0.25, 0.3) is 0 Å². The van der Waals surface area contributed by atoms with Crippen LogP contribution in [0.3, 0.4) is 0 Å². The Hall–Kier alpha value is -1.13. The summed E-state index contributed by atoms with van der Waals surface area (Å²) in [6.45, 7) is 5.08. The fourth-order valence-electron chi connectivity index (χ4n) is 2.54. The number of halogens is 1. The Morgan fingerprint density at radius 1 is 1.30 bits per heavy atom. The van der Waals surface area contributed by atoms with Crippen LogP contribution in [0, 0.1) is 0 Å². The number of benzene rings is 1. The fourth-order valence-corrected chi connectivity index (χ4v) is 3.24. The average Bonchev–Trinajstić information content (AvgIpc) is 3.15. The SMILES string of the molecule is CC(C)c1ccc(-n2cc(Br)c(C3(CN)CC3)n2)cc1. The molecule has 0 radical (unpaired) electrons. The van der Waals surface area contributed by atoms with Gasteiger partial charge in [-0.25, -0.2) is 4.68 Å². The maximum absolute atomic E-state index is 5.90. The molecule has 1 heterocycles. The Balaban J connectivity index is 1.93. The van der Waals surface area contributed by atoms with E-state index in [-0.39, 0.29) is 5.41 Å². The van der Waals surface area contributed by atoms with Gasteiger partial charge in [-0.3, -0.25) is 0 Å². The molecule has 3 nitrogen and oxygen atoms in total. The molecule has 2 N–H and O–H groups in total. The van der Waals surface area contributed by atoms with Gasteiger partial charge in [0.2, 0.25) is 0 Å². The molecule has 0 atom stereocenters. The molecule has 1 fully saturated rings. The number of aromatic nitrogens is 2. The molecule has 1 aliphatic rings. The van der Waals surface area contributed by atoms with E-state index in [9.17, 15) is 0 Å². The first-order chi connectivity index (χ1) is 9.55. The van der Waals surface area contributed by atoms with Crippen molar-refractivity contribution in [1.82, 2.24) is 9.78 Å². The highest BCUT2D eigenvalue weighted by molar-refractivity contribution is 9.10. The molecule has 2 aromatic rings. The van der Waals surface area contributed by atoms with Crippen molar-refractivity contribution in [2.75, 3.05) is 6.54 Å². The smallest absolute Gasteiger partial charge is 0.0845 e. The average molecular weight is 334 g/mol. The van der Waals surface area contributed by atoms with E-state index in [0.29, 0.717) is 12.5 Å². The number of hydrogen-bond acceptors (Lipinski definition) is 2. The Morgan fingerprint density at radius 2 is 1.95 bits per heavy atom. The van der Waals surface area contributed by atoms with Gasteiger partial charge >= 0.3 is 0 Å². The molecule has 0 bridgehead atoms. The molecule has 1 aromatic heterocycles. The lowest BCUT2D eigenvalue weighted by Crippen LogP contribution is -2.21. The van der Waals surface area contributed by atoms with Crippen molar-refractivity contribution in [3.8, 4) is 5.69 Å². The molecular formula is C16H20BrN3. The predicted molar refractivity (Wildman–Crippen MR) is 85.3 cm³/mol. The van der Waals surface area contributed by atoms with Crippen molar-refractivity contribution in [3.05, 3.63) is 46.2 Å². The molecule has 0 amide bonds. The van der Waals surface area contributed by atoms with Gasteiger partial charge in [0.05, 0.1) is 15.9 Å². The zero-order valence-corrected chi connectivity index (χ0v) is 13.5. The summed E-state index contributed by atoms with van der Waals surface area (Å²) in [6.07, 6.45) is 4.33. The van der Waals surface area contributed by atoms with Crippen LogP contribution in [-0.4, -0.2) is 16.3 Å². The van der Waals surface area contributed by atoms with Crippen LogP contribution in [0.25, 0.3) is 5.69 Å². The molecule has 0 unspecified atom stereocenters. The van der Waals surface area contributed by atoms with Crippen molar-refractivity contribution in [3.63, 3.8) is 0 Å². The molecule has 4 heteroatoms. The lowest BCUT2D eigenvalue weighted by molar-refractivity contribution is 0.659. The van der Waals surface area contributed by atoms with E-state index < -0.39 is 0 Å². The van der Waals surface area contributed by atoms with Crippen molar-refractivity contribution in [2.45, 2.75) is 38.0 Å².